The Balaban J connectivity index is 2.15. The predicted octanol–water partition coefficient (Wildman–Crippen LogP) is 3.69. The molecule has 0 saturated carbocycles. The van der Waals surface area contributed by atoms with Gasteiger partial charge >= 0.3 is 0 Å². The minimum Gasteiger partial charge on any atom is -0.322 e. The van der Waals surface area contributed by atoms with Gasteiger partial charge in [0.25, 0.3) is 0 Å². The van der Waals surface area contributed by atoms with Gasteiger partial charge in [-0.3, -0.25) is 9.48 Å². The van der Waals surface area contributed by atoms with E-state index in [-0.39, 0.29) is 17.5 Å². The summed E-state index contributed by atoms with van der Waals surface area (Å²) >= 11 is 9.08. The van der Waals surface area contributed by atoms with Crippen LogP contribution in [-0.2, 0) is 11.3 Å². The van der Waals surface area contributed by atoms with Crippen molar-refractivity contribution in [2.24, 2.45) is 0 Å². The zero-order chi connectivity index (χ0) is 14.9. The third-order valence-corrected chi connectivity index (χ3v) is 3.59. The molecule has 1 aromatic heterocycles. The van der Waals surface area contributed by atoms with Crippen LogP contribution in [0.3, 0.4) is 0 Å². The van der Waals surface area contributed by atoms with Gasteiger partial charge in [-0.25, -0.2) is 4.39 Å². The number of anilines is 1. The van der Waals surface area contributed by atoms with Gasteiger partial charge < -0.3 is 5.32 Å². The average Bonchev–Trinajstić information content (AvgIpc) is 2.62. The lowest BCUT2D eigenvalue weighted by molar-refractivity contribution is -0.116. The fourth-order valence-corrected chi connectivity index (χ4v) is 2.71. The van der Waals surface area contributed by atoms with Crippen molar-refractivity contribution in [3.05, 3.63) is 44.9 Å². The third kappa shape index (κ3) is 3.37. The van der Waals surface area contributed by atoms with Gasteiger partial charge in [0.05, 0.1) is 16.4 Å². The lowest BCUT2D eigenvalue weighted by Gasteiger charge is -2.10. The molecule has 0 spiro atoms. The van der Waals surface area contributed by atoms with Crippen molar-refractivity contribution in [1.82, 2.24) is 9.78 Å². The average molecular weight is 361 g/mol. The van der Waals surface area contributed by atoms with E-state index in [0.29, 0.717) is 10.2 Å². The van der Waals surface area contributed by atoms with Crippen LogP contribution >= 0.6 is 27.5 Å². The van der Waals surface area contributed by atoms with E-state index in [1.807, 2.05) is 19.9 Å². The van der Waals surface area contributed by atoms with Crippen LogP contribution in [0.2, 0.25) is 5.02 Å². The molecule has 1 N–H and O–H groups in total. The smallest absolute Gasteiger partial charge is 0.246 e. The number of rotatable bonds is 3. The van der Waals surface area contributed by atoms with E-state index in [2.05, 4.69) is 26.3 Å². The second-order valence-electron chi connectivity index (χ2n) is 4.38. The summed E-state index contributed by atoms with van der Waals surface area (Å²) in [4.78, 5) is 12.0. The Bertz CT molecular complexity index is 649. The highest BCUT2D eigenvalue weighted by Crippen LogP contribution is 2.31. The molecule has 0 atom stereocenters. The van der Waals surface area contributed by atoms with Crippen molar-refractivity contribution in [2.75, 3.05) is 5.32 Å². The zero-order valence-electron chi connectivity index (χ0n) is 10.9. The molecule has 0 bridgehead atoms. The van der Waals surface area contributed by atoms with E-state index in [1.165, 1.54) is 6.07 Å². The normalized spacial score (nSPS) is 10.7. The number of carbonyl (C=O) groups is 1. The second-order valence-corrected chi connectivity index (χ2v) is 5.64. The van der Waals surface area contributed by atoms with Gasteiger partial charge in [-0.1, -0.05) is 11.6 Å². The van der Waals surface area contributed by atoms with E-state index < -0.39 is 5.82 Å². The third-order valence-electron chi connectivity index (χ3n) is 2.67. The fraction of sp³-hybridized carbons (Fsp3) is 0.231. The molecule has 2 rings (SSSR count). The monoisotopic (exact) mass is 359 g/mol. The van der Waals surface area contributed by atoms with Crippen molar-refractivity contribution in [1.29, 1.82) is 0 Å². The first-order valence-electron chi connectivity index (χ1n) is 5.82. The minimum absolute atomic E-state index is 0.0693. The first-order valence-corrected chi connectivity index (χ1v) is 6.99. The lowest BCUT2D eigenvalue weighted by atomic mass is 10.3. The van der Waals surface area contributed by atoms with E-state index in [4.69, 9.17) is 11.6 Å². The van der Waals surface area contributed by atoms with Crippen molar-refractivity contribution in [3.8, 4) is 0 Å². The van der Waals surface area contributed by atoms with Crippen LogP contribution in [0.1, 0.15) is 11.4 Å². The van der Waals surface area contributed by atoms with Crippen molar-refractivity contribution in [3.63, 3.8) is 0 Å². The van der Waals surface area contributed by atoms with Crippen molar-refractivity contribution < 1.29 is 9.18 Å². The van der Waals surface area contributed by atoms with E-state index in [1.54, 1.807) is 4.68 Å². The first-order chi connectivity index (χ1) is 9.36. The Kier molecular flexibility index (Phi) is 4.45. The Hall–Kier alpha value is -1.40. The molecular weight excluding hydrogens is 349 g/mol. The molecule has 0 fully saturated rings. The van der Waals surface area contributed by atoms with Gasteiger partial charge in [0, 0.05) is 10.2 Å². The topological polar surface area (TPSA) is 46.9 Å². The number of hydrogen-bond donors (Lipinski definition) is 1. The SMILES string of the molecule is Cc1cc(C)n(CC(=O)Nc2c(Cl)cc(F)cc2Br)n1. The van der Waals surface area contributed by atoms with Crippen LogP contribution < -0.4 is 5.32 Å². The highest BCUT2D eigenvalue weighted by Gasteiger charge is 2.13. The summed E-state index contributed by atoms with van der Waals surface area (Å²) in [6.45, 7) is 3.79. The zero-order valence-corrected chi connectivity index (χ0v) is 13.2. The molecule has 0 radical (unpaired) electrons. The number of aryl methyl sites for hydroxylation is 2. The van der Waals surface area contributed by atoms with Crippen molar-refractivity contribution >= 4 is 39.1 Å². The fourth-order valence-electron chi connectivity index (χ4n) is 1.81. The molecule has 0 aliphatic carbocycles. The number of nitrogens with one attached hydrogen (secondary N) is 1. The molecule has 1 aromatic carbocycles. The quantitative estimate of drug-likeness (QED) is 0.907. The Morgan fingerprint density at radius 2 is 2.15 bits per heavy atom. The molecule has 106 valence electrons. The van der Waals surface area contributed by atoms with Gasteiger partial charge in [-0.2, -0.15) is 5.10 Å². The predicted molar refractivity (Wildman–Crippen MR) is 79.4 cm³/mol. The number of nitrogens with zero attached hydrogens (tertiary/aromatic N) is 2. The number of hydrogen-bond acceptors (Lipinski definition) is 2. The number of benzene rings is 1. The van der Waals surface area contributed by atoms with E-state index in [9.17, 15) is 9.18 Å². The lowest BCUT2D eigenvalue weighted by Crippen LogP contribution is -2.20. The molecule has 0 aliphatic rings. The maximum absolute atomic E-state index is 13.1. The maximum atomic E-state index is 13.1. The largest absolute Gasteiger partial charge is 0.322 e. The Morgan fingerprint density at radius 1 is 1.45 bits per heavy atom. The van der Waals surface area contributed by atoms with Gasteiger partial charge in [0.2, 0.25) is 5.91 Å². The number of aromatic nitrogens is 2. The summed E-state index contributed by atoms with van der Waals surface area (Å²) in [7, 11) is 0. The van der Waals surface area contributed by atoms with Crippen molar-refractivity contribution in [2.45, 2.75) is 20.4 Å². The van der Waals surface area contributed by atoms with Crippen LogP contribution in [0.5, 0.6) is 0 Å². The molecule has 1 amide bonds. The standard InChI is InChI=1S/C13H12BrClFN3O/c1-7-3-8(2)19(18-7)6-12(20)17-13-10(14)4-9(16)5-11(13)15/h3-5H,6H2,1-2H3,(H,17,20). The molecule has 0 aliphatic heterocycles. The number of carbonyl (C=O) groups excluding carboxylic acids is 1. The summed E-state index contributed by atoms with van der Waals surface area (Å²) in [5.41, 5.74) is 2.08. The summed E-state index contributed by atoms with van der Waals surface area (Å²) in [5.74, 6) is -0.760. The molecule has 0 saturated heterocycles. The summed E-state index contributed by atoms with van der Waals surface area (Å²) in [5, 5.41) is 6.98. The van der Waals surface area contributed by atoms with Gasteiger partial charge in [-0.15, -0.1) is 0 Å². The van der Waals surface area contributed by atoms with E-state index in [0.717, 1.165) is 17.5 Å². The molecule has 1 heterocycles. The van der Waals surface area contributed by atoms with E-state index >= 15 is 0 Å². The van der Waals surface area contributed by atoms with Crippen LogP contribution in [0.15, 0.2) is 22.7 Å². The number of halogens is 3. The first kappa shape index (κ1) is 15.0. The Morgan fingerprint density at radius 3 is 2.70 bits per heavy atom. The second kappa shape index (κ2) is 5.93. The summed E-state index contributed by atoms with van der Waals surface area (Å²) in [6.07, 6.45) is 0. The molecular formula is C13H12BrClFN3O. The van der Waals surface area contributed by atoms with Crippen LogP contribution in [-0.4, -0.2) is 15.7 Å². The van der Waals surface area contributed by atoms with Gasteiger partial charge in [0.1, 0.15) is 12.4 Å². The molecule has 2 aromatic rings. The molecule has 4 nitrogen and oxygen atoms in total. The van der Waals surface area contributed by atoms with Crippen LogP contribution in [0.25, 0.3) is 0 Å². The summed E-state index contributed by atoms with van der Waals surface area (Å²) in [6, 6.07) is 4.27. The highest BCUT2D eigenvalue weighted by atomic mass is 79.9. The maximum Gasteiger partial charge on any atom is 0.246 e. The molecule has 20 heavy (non-hydrogen) atoms. The van der Waals surface area contributed by atoms with Gasteiger partial charge in [-0.05, 0) is 48.0 Å². The Labute approximate surface area is 129 Å². The molecule has 7 heteroatoms. The number of amides is 1. The highest BCUT2D eigenvalue weighted by molar-refractivity contribution is 9.10. The van der Waals surface area contributed by atoms with Crippen LogP contribution in [0, 0.1) is 19.7 Å². The molecule has 0 unspecified atom stereocenters. The minimum atomic E-state index is -0.474. The van der Waals surface area contributed by atoms with Gasteiger partial charge in [0.15, 0.2) is 0 Å². The summed E-state index contributed by atoms with van der Waals surface area (Å²) < 4.78 is 15.1. The van der Waals surface area contributed by atoms with Crippen LogP contribution in [0.4, 0.5) is 10.1 Å².